The van der Waals surface area contributed by atoms with Crippen LogP contribution in [0.4, 0.5) is 0 Å². The molecule has 0 saturated carbocycles. The maximum Gasteiger partial charge on any atom is 0.339 e. The van der Waals surface area contributed by atoms with Crippen LogP contribution in [0.2, 0.25) is 0 Å². The van der Waals surface area contributed by atoms with Crippen LogP contribution in [-0.2, 0) is 11.3 Å². The van der Waals surface area contributed by atoms with Gasteiger partial charge in [-0.3, -0.25) is 4.90 Å². The van der Waals surface area contributed by atoms with Crippen LogP contribution in [0.5, 0.6) is 0 Å². The molecule has 1 atom stereocenters. The van der Waals surface area contributed by atoms with Gasteiger partial charge in [0.2, 0.25) is 0 Å². The van der Waals surface area contributed by atoms with E-state index in [4.69, 9.17) is 14.3 Å². The average molecular weight is 241 g/mol. The highest BCUT2D eigenvalue weighted by Gasteiger charge is 2.16. The van der Waals surface area contributed by atoms with Crippen LogP contribution in [-0.4, -0.2) is 42.8 Å². The molecule has 1 heterocycles. The number of aromatic carboxylic acids is 1. The van der Waals surface area contributed by atoms with Gasteiger partial charge in [0.25, 0.3) is 0 Å². The van der Waals surface area contributed by atoms with Gasteiger partial charge in [-0.05, 0) is 27.0 Å². The highest BCUT2D eigenvalue weighted by atomic mass is 16.5. The third-order valence-corrected chi connectivity index (χ3v) is 2.76. The fourth-order valence-corrected chi connectivity index (χ4v) is 1.60. The van der Waals surface area contributed by atoms with Crippen molar-refractivity contribution in [2.24, 2.45) is 0 Å². The molecule has 0 aliphatic rings. The third-order valence-electron chi connectivity index (χ3n) is 2.76. The number of aryl methyl sites for hydroxylation is 1. The molecule has 0 radical (unpaired) electrons. The smallest absolute Gasteiger partial charge is 0.339 e. The number of likely N-dealkylation sites (N-methyl/N-ethyl adjacent to an activating group) is 1. The molecule has 1 aromatic heterocycles. The molecule has 0 bridgehead atoms. The second-order valence-corrected chi connectivity index (χ2v) is 4.21. The van der Waals surface area contributed by atoms with Gasteiger partial charge < -0.3 is 14.3 Å². The lowest BCUT2D eigenvalue weighted by Gasteiger charge is -2.22. The second kappa shape index (κ2) is 5.84. The van der Waals surface area contributed by atoms with Crippen LogP contribution in [0.15, 0.2) is 10.5 Å². The number of carboxylic acid groups (broad SMARTS) is 1. The van der Waals surface area contributed by atoms with E-state index in [1.165, 1.54) is 0 Å². The van der Waals surface area contributed by atoms with Gasteiger partial charge in [0.05, 0.1) is 13.2 Å². The van der Waals surface area contributed by atoms with Gasteiger partial charge in [-0.1, -0.05) is 0 Å². The summed E-state index contributed by atoms with van der Waals surface area (Å²) in [5.41, 5.74) is 0.229. The van der Waals surface area contributed by atoms with Gasteiger partial charge in [0.15, 0.2) is 0 Å². The Balaban J connectivity index is 2.69. The van der Waals surface area contributed by atoms with Crippen LogP contribution in [0.1, 0.15) is 28.8 Å². The Bertz CT molecular complexity index is 386. The van der Waals surface area contributed by atoms with E-state index in [9.17, 15) is 4.79 Å². The summed E-state index contributed by atoms with van der Waals surface area (Å²) in [5, 5.41) is 8.91. The molecule has 1 aromatic rings. The number of hydrogen-bond donors (Lipinski definition) is 1. The molecule has 1 N–H and O–H groups in total. The standard InChI is InChI=1S/C12H19NO4/c1-8(7-16-4)13(3)6-10-5-11(12(14)15)9(2)17-10/h5,8H,6-7H2,1-4H3,(H,14,15). The Kier molecular flexibility index (Phi) is 4.72. The number of furan rings is 1. The minimum absolute atomic E-state index is 0.229. The van der Waals surface area contributed by atoms with Crippen LogP contribution in [0.3, 0.4) is 0 Å². The summed E-state index contributed by atoms with van der Waals surface area (Å²) in [6.07, 6.45) is 0. The summed E-state index contributed by atoms with van der Waals surface area (Å²) >= 11 is 0. The maximum atomic E-state index is 10.9. The Morgan fingerprint density at radius 1 is 1.65 bits per heavy atom. The molecule has 0 amide bonds. The number of methoxy groups -OCH3 is 1. The zero-order valence-electron chi connectivity index (χ0n) is 10.7. The molecule has 5 nitrogen and oxygen atoms in total. The van der Waals surface area contributed by atoms with Crippen molar-refractivity contribution in [2.45, 2.75) is 26.4 Å². The maximum absolute atomic E-state index is 10.9. The van der Waals surface area contributed by atoms with E-state index in [1.807, 2.05) is 18.9 Å². The fourth-order valence-electron chi connectivity index (χ4n) is 1.60. The Hall–Kier alpha value is -1.33. The first-order valence-corrected chi connectivity index (χ1v) is 5.47. The normalized spacial score (nSPS) is 13.0. The van der Waals surface area contributed by atoms with Gasteiger partial charge >= 0.3 is 5.97 Å². The summed E-state index contributed by atoms with van der Waals surface area (Å²) in [5.74, 6) is 0.149. The fraction of sp³-hybridized carbons (Fsp3) is 0.583. The van der Waals surface area contributed by atoms with Crippen molar-refractivity contribution in [1.29, 1.82) is 0 Å². The number of carboxylic acids is 1. The molecule has 17 heavy (non-hydrogen) atoms. The van der Waals surface area contributed by atoms with Crippen molar-refractivity contribution >= 4 is 5.97 Å². The van der Waals surface area contributed by atoms with Gasteiger partial charge in [-0.15, -0.1) is 0 Å². The van der Waals surface area contributed by atoms with E-state index in [0.29, 0.717) is 24.7 Å². The van der Waals surface area contributed by atoms with E-state index in [0.717, 1.165) is 0 Å². The van der Waals surface area contributed by atoms with Gasteiger partial charge in [0.1, 0.15) is 17.1 Å². The zero-order valence-corrected chi connectivity index (χ0v) is 10.7. The SMILES string of the molecule is COCC(C)N(C)Cc1cc(C(=O)O)c(C)o1. The highest BCUT2D eigenvalue weighted by molar-refractivity contribution is 5.88. The zero-order chi connectivity index (χ0) is 13.0. The molecular weight excluding hydrogens is 222 g/mol. The van der Waals surface area contributed by atoms with Crippen molar-refractivity contribution in [1.82, 2.24) is 4.90 Å². The van der Waals surface area contributed by atoms with Crippen LogP contribution >= 0.6 is 0 Å². The minimum atomic E-state index is -0.954. The first kappa shape index (κ1) is 13.7. The number of rotatable bonds is 6. The predicted molar refractivity (Wildman–Crippen MR) is 63.2 cm³/mol. The van der Waals surface area contributed by atoms with Crippen molar-refractivity contribution in [3.05, 3.63) is 23.2 Å². The lowest BCUT2D eigenvalue weighted by Crippen LogP contribution is -2.32. The number of ether oxygens (including phenoxy) is 1. The van der Waals surface area contributed by atoms with Crippen molar-refractivity contribution < 1.29 is 19.1 Å². The predicted octanol–water partition coefficient (Wildman–Crippen LogP) is 1.75. The summed E-state index contributed by atoms with van der Waals surface area (Å²) in [6, 6.07) is 1.83. The molecule has 0 spiro atoms. The third kappa shape index (κ3) is 3.57. The van der Waals surface area contributed by atoms with E-state index in [1.54, 1.807) is 20.1 Å². The average Bonchev–Trinajstić information content (AvgIpc) is 2.59. The molecule has 0 fully saturated rings. The second-order valence-electron chi connectivity index (χ2n) is 4.21. The largest absolute Gasteiger partial charge is 0.478 e. The molecule has 1 rings (SSSR count). The molecule has 0 aliphatic heterocycles. The van der Waals surface area contributed by atoms with Crippen LogP contribution in [0.25, 0.3) is 0 Å². The monoisotopic (exact) mass is 241 g/mol. The molecule has 5 heteroatoms. The van der Waals surface area contributed by atoms with E-state index >= 15 is 0 Å². The highest BCUT2D eigenvalue weighted by Crippen LogP contribution is 2.16. The summed E-state index contributed by atoms with van der Waals surface area (Å²) in [4.78, 5) is 12.9. The van der Waals surface area contributed by atoms with Crippen molar-refractivity contribution in [3.63, 3.8) is 0 Å². The number of nitrogens with zero attached hydrogens (tertiary/aromatic N) is 1. The molecular formula is C12H19NO4. The lowest BCUT2D eigenvalue weighted by molar-refractivity contribution is 0.0695. The first-order chi connectivity index (χ1) is 7.95. The van der Waals surface area contributed by atoms with Crippen LogP contribution in [0, 0.1) is 6.92 Å². The van der Waals surface area contributed by atoms with E-state index in [-0.39, 0.29) is 11.6 Å². The van der Waals surface area contributed by atoms with Crippen molar-refractivity contribution in [2.75, 3.05) is 20.8 Å². The van der Waals surface area contributed by atoms with Gasteiger partial charge in [0, 0.05) is 13.2 Å². The van der Waals surface area contributed by atoms with Crippen LogP contribution < -0.4 is 0 Å². The van der Waals surface area contributed by atoms with E-state index < -0.39 is 5.97 Å². The summed E-state index contributed by atoms with van der Waals surface area (Å²) < 4.78 is 10.5. The van der Waals surface area contributed by atoms with Crippen molar-refractivity contribution in [3.8, 4) is 0 Å². The topological polar surface area (TPSA) is 62.9 Å². The molecule has 0 aliphatic carbocycles. The van der Waals surface area contributed by atoms with Gasteiger partial charge in [-0.25, -0.2) is 4.79 Å². The summed E-state index contributed by atoms with van der Waals surface area (Å²) in [6.45, 7) is 4.89. The minimum Gasteiger partial charge on any atom is -0.478 e. The molecule has 96 valence electrons. The molecule has 0 aromatic carbocycles. The Labute approximate surface area is 101 Å². The number of hydrogen-bond acceptors (Lipinski definition) is 4. The molecule has 0 saturated heterocycles. The lowest BCUT2D eigenvalue weighted by atomic mass is 10.2. The van der Waals surface area contributed by atoms with Gasteiger partial charge in [-0.2, -0.15) is 0 Å². The summed E-state index contributed by atoms with van der Waals surface area (Å²) in [7, 11) is 3.60. The quantitative estimate of drug-likeness (QED) is 0.822. The number of carbonyl (C=O) groups is 1. The van der Waals surface area contributed by atoms with E-state index in [2.05, 4.69) is 0 Å². The molecule has 1 unspecified atom stereocenters. The Morgan fingerprint density at radius 2 is 2.29 bits per heavy atom. The first-order valence-electron chi connectivity index (χ1n) is 5.47. The Morgan fingerprint density at radius 3 is 2.76 bits per heavy atom.